The molecule has 0 fully saturated rings. The lowest BCUT2D eigenvalue weighted by Crippen LogP contribution is -2.18. The summed E-state index contributed by atoms with van der Waals surface area (Å²) in [5, 5.41) is 2.82. The second-order valence-electron chi connectivity index (χ2n) is 5.72. The summed E-state index contributed by atoms with van der Waals surface area (Å²) in [6.45, 7) is 3.54. The highest BCUT2D eigenvalue weighted by Crippen LogP contribution is 2.44. The maximum atomic E-state index is 15.0. The van der Waals surface area contributed by atoms with Gasteiger partial charge in [0.25, 0.3) is 0 Å². The molecule has 3 nitrogen and oxygen atoms in total. The fourth-order valence-electron chi connectivity index (χ4n) is 2.86. The SMILES string of the molecule is CCNc1c(COC(C)=O)c(C(F)(F)F)c(C)c(F)c1-c1ccccc1. The minimum atomic E-state index is -4.79. The second kappa shape index (κ2) is 7.76. The number of nitrogens with one attached hydrogen (secondary N) is 1. The molecule has 0 aliphatic heterocycles. The summed E-state index contributed by atoms with van der Waals surface area (Å²) in [5.41, 5.74) is -1.49. The Kier molecular flexibility index (Phi) is 5.90. The number of hydrogen-bond acceptors (Lipinski definition) is 3. The van der Waals surface area contributed by atoms with Crippen LogP contribution in [0.3, 0.4) is 0 Å². The van der Waals surface area contributed by atoms with E-state index in [1.54, 1.807) is 37.3 Å². The van der Waals surface area contributed by atoms with Crippen molar-refractivity contribution in [3.8, 4) is 11.1 Å². The molecule has 26 heavy (non-hydrogen) atoms. The molecule has 0 spiro atoms. The van der Waals surface area contributed by atoms with Gasteiger partial charge in [-0.3, -0.25) is 4.79 Å². The molecule has 0 radical (unpaired) electrons. The van der Waals surface area contributed by atoms with Crippen molar-refractivity contribution >= 4 is 11.7 Å². The van der Waals surface area contributed by atoms with Crippen LogP contribution in [0.4, 0.5) is 23.2 Å². The molecule has 0 aromatic heterocycles. The first-order chi connectivity index (χ1) is 12.2. The topological polar surface area (TPSA) is 38.3 Å². The number of alkyl halides is 3. The zero-order valence-corrected chi connectivity index (χ0v) is 14.6. The standard InChI is InChI=1S/C19H19F4NO2/c1-4-24-18-14(10-26-12(3)25)16(19(21,22)23)11(2)17(20)15(18)13-8-6-5-7-9-13/h5-9,24H,4,10H2,1-3H3. The summed E-state index contributed by atoms with van der Waals surface area (Å²) in [6, 6.07) is 8.29. The number of hydrogen-bond donors (Lipinski definition) is 1. The lowest BCUT2D eigenvalue weighted by Gasteiger charge is -2.24. The smallest absolute Gasteiger partial charge is 0.417 e. The van der Waals surface area contributed by atoms with Crippen molar-refractivity contribution in [3.63, 3.8) is 0 Å². The van der Waals surface area contributed by atoms with Gasteiger partial charge in [-0.05, 0) is 25.0 Å². The van der Waals surface area contributed by atoms with Gasteiger partial charge in [0.15, 0.2) is 0 Å². The van der Waals surface area contributed by atoms with Crippen LogP contribution in [0.15, 0.2) is 30.3 Å². The first-order valence-electron chi connectivity index (χ1n) is 8.03. The highest BCUT2D eigenvalue weighted by atomic mass is 19.4. The third-order valence-corrected chi connectivity index (χ3v) is 3.90. The molecule has 2 aromatic rings. The van der Waals surface area contributed by atoms with Crippen LogP contribution in [-0.2, 0) is 22.3 Å². The molecule has 2 rings (SSSR count). The minimum Gasteiger partial charge on any atom is -0.461 e. The molecule has 0 amide bonds. The van der Waals surface area contributed by atoms with Gasteiger partial charge >= 0.3 is 12.1 Å². The van der Waals surface area contributed by atoms with Crippen molar-refractivity contribution < 1.29 is 27.1 Å². The minimum absolute atomic E-state index is 0.0182. The number of anilines is 1. The van der Waals surface area contributed by atoms with E-state index in [-0.39, 0.29) is 23.4 Å². The normalized spacial score (nSPS) is 11.3. The maximum Gasteiger partial charge on any atom is 0.417 e. The number of esters is 1. The predicted molar refractivity (Wildman–Crippen MR) is 91.2 cm³/mol. The van der Waals surface area contributed by atoms with E-state index in [1.807, 2.05) is 0 Å². The van der Waals surface area contributed by atoms with Crippen LogP contribution in [0.5, 0.6) is 0 Å². The van der Waals surface area contributed by atoms with Crippen LogP contribution in [0.25, 0.3) is 11.1 Å². The number of halogens is 4. The Balaban J connectivity index is 2.87. The van der Waals surface area contributed by atoms with Crippen LogP contribution in [-0.4, -0.2) is 12.5 Å². The average molecular weight is 369 g/mol. The summed E-state index contributed by atoms with van der Waals surface area (Å²) in [4.78, 5) is 11.2. The van der Waals surface area contributed by atoms with Crippen molar-refractivity contribution in [3.05, 3.63) is 52.8 Å². The van der Waals surface area contributed by atoms with Crippen LogP contribution in [0.2, 0.25) is 0 Å². The molecule has 0 unspecified atom stereocenters. The van der Waals surface area contributed by atoms with E-state index in [0.29, 0.717) is 5.56 Å². The molecule has 0 saturated carbocycles. The number of ether oxygens (including phenoxy) is 1. The van der Waals surface area contributed by atoms with Crippen LogP contribution < -0.4 is 5.32 Å². The van der Waals surface area contributed by atoms with Crippen molar-refractivity contribution in [2.24, 2.45) is 0 Å². The summed E-state index contributed by atoms with van der Waals surface area (Å²) in [6.07, 6.45) is -4.79. The maximum absolute atomic E-state index is 15.0. The van der Waals surface area contributed by atoms with Crippen molar-refractivity contribution in [2.75, 3.05) is 11.9 Å². The van der Waals surface area contributed by atoms with E-state index in [1.165, 1.54) is 0 Å². The number of benzene rings is 2. The van der Waals surface area contributed by atoms with E-state index < -0.39 is 35.7 Å². The van der Waals surface area contributed by atoms with Gasteiger partial charge in [-0.1, -0.05) is 30.3 Å². The predicted octanol–water partition coefficient (Wildman–Crippen LogP) is 5.31. The Morgan fingerprint density at radius 3 is 2.31 bits per heavy atom. The zero-order chi connectivity index (χ0) is 19.5. The average Bonchev–Trinajstić information content (AvgIpc) is 2.56. The van der Waals surface area contributed by atoms with Crippen molar-refractivity contribution in [1.29, 1.82) is 0 Å². The van der Waals surface area contributed by atoms with Crippen LogP contribution in [0, 0.1) is 12.7 Å². The third kappa shape index (κ3) is 3.98. The van der Waals surface area contributed by atoms with Gasteiger partial charge in [-0.25, -0.2) is 4.39 Å². The molecule has 0 atom stereocenters. The fourth-order valence-corrected chi connectivity index (χ4v) is 2.86. The summed E-state index contributed by atoms with van der Waals surface area (Å²) < 4.78 is 60.7. The molecule has 7 heteroatoms. The molecule has 140 valence electrons. The molecule has 1 N–H and O–H groups in total. The molecule has 0 aliphatic carbocycles. The highest BCUT2D eigenvalue weighted by molar-refractivity contribution is 5.83. The molecular formula is C19H19F4NO2. The van der Waals surface area contributed by atoms with Gasteiger partial charge in [0.05, 0.1) is 11.3 Å². The van der Waals surface area contributed by atoms with Crippen LogP contribution >= 0.6 is 0 Å². The van der Waals surface area contributed by atoms with E-state index >= 15 is 0 Å². The highest BCUT2D eigenvalue weighted by Gasteiger charge is 2.39. The summed E-state index contributed by atoms with van der Waals surface area (Å²) >= 11 is 0. The first kappa shape index (κ1) is 19.8. The largest absolute Gasteiger partial charge is 0.461 e. The van der Waals surface area contributed by atoms with Crippen molar-refractivity contribution in [1.82, 2.24) is 0 Å². The monoisotopic (exact) mass is 369 g/mol. The summed E-state index contributed by atoms with van der Waals surface area (Å²) in [7, 11) is 0. The van der Waals surface area contributed by atoms with Gasteiger partial charge in [0, 0.05) is 24.6 Å². The molecule has 0 heterocycles. The van der Waals surface area contributed by atoms with E-state index in [2.05, 4.69) is 5.32 Å². The van der Waals surface area contributed by atoms with E-state index in [0.717, 1.165) is 13.8 Å². The number of carbonyl (C=O) groups excluding carboxylic acids is 1. The lowest BCUT2D eigenvalue weighted by molar-refractivity contribution is -0.146. The quantitative estimate of drug-likeness (QED) is 0.573. The lowest BCUT2D eigenvalue weighted by atomic mass is 9.91. The Morgan fingerprint density at radius 1 is 1.19 bits per heavy atom. The number of rotatable bonds is 5. The Labute approximate surface area is 149 Å². The Morgan fingerprint density at radius 2 is 1.81 bits per heavy atom. The van der Waals surface area contributed by atoms with Gasteiger partial charge in [0.1, 0.15) is 12.4 Å². The zero-order valence-electron chi connectivity index (χ0n) is 14.6. The van der Waals surface area contributed by atoms with Gasteiger partial charge < -0.3 is 10.1 Å². The molecule has 0 bridgehead atoms. The van der Waals surface area contributed by atoms with Gasteiger partial charge in [0.2, 0.25) is 0 Å². The molecule has 0 saturated heterocycles. The van der Waals surface area contributed by atoms with E-state index in [9.17, 15) is 22.4 Å². The summed E-state index contributed by atoms with van der Waals surface area (Å²) in [5.74, 6) is -1.67. The Hall–Kier alpha value is -2.57. The van der Waals surface area contributed by atoms with Gasteiger partial charge in [-0.15, -0.1) is 0 Å². The molecule has 2 aromatic carbocycles. The third-order valence-electron chi connectivity index (χ3n) is 3.90. The number of carbonyl (C=O) groups is 1. The van der Waals surface area contributed by atoms with E-state index in [4.69, 9.17) is 4.74 Å². The van der Waals surface area contributed by atoms with Crippen molar-refractivity contribution in [2.45, 2.75) is 33.6 Å². The molecular weight excluding hydrogens is 350 g/mol. The first-order valence-corrected chi connectivity index (χ1v) is 8.03. The fraction of sp³-hybridized carbons (Fsp3) is 0.316. The van der Waals surface area contributed by atoms with Gasteiger partial charge in [-0.2, -0.15) is 13.2 Å². The van der Waals surface area contributed by atoms with Crippen LogP contribution in [0.1, 0.15) is 30.5 Å². The molecule has 0 aliphatic rings. The second-order valence-corrected chi connectivity index (χ2v) is 5.72. The Bertz CT molecular complexity index is 802.